The van der Waals surface area contributed by atoms with Gasteiger partial charge in [0.25, 0.3) is 0 Å². The number of hydrogen-bond acceptors (Lipinski definition) is 3. The standard InChI is InChI=1S/C15H19NO3S/c1-10(17)16-14(15(18)19)6-7-20-9-12-8-11-4-2-3-5-13(11)12/h2-5,12,14H,6-9H2,1H3,(H,16,17)(H,18,19). The monoisotopic (exact) mass is 293 g/mol. The number of hydrogen-bond donors (Lipinski definition) is 2. The Kier molecular flexibility index (Phi) is 5.06. The predicted molar refractivity (Wildman–Crippen MR) is 80.1 cm³/mol. The Bertz CT molecular complexity index is 504. The molecule has 2 rings (SSSR count). The second-order valence-electron chi connectivity index (χ2n) is 5.05. The molecule has 1 aliphatic rings. The van der Waals surface area contributed by atoms with Crippen LogP contribution in [0.25, 0.3) is 0 Å². The van der Waals surface area contributed by atoms with E-state index in [1.165, 1.54) is 18.1 Å². The molecule has 2 atom stereocenters. The molecular weight excluding hydrogens is 274 g/mol. The summed E-state index contributed by atoms with van der Waals surface area (Å²) in [5, 5.41) is 11.5. The van der Waals surface area contributed by atoms with Crippen molar-refractivity contribution in [3.8, 4) is 0 Å². The molecule has 2 unspecified atom stereocenters. The van der Waals surface area contributed by atoms with Gasteiger partial charge in [-0.15, -0.1) is 0 Å². The van der Waals surface area contributed by atoms with Gasteiger partial charge >= 0.3 is 5.97 Å². The molecular formula is C15H19NO3S. The van der Waals surface area contributed by atoms with Gasteiger partial charge in [0, 0.05) is 12.7 Å². The van der Waals surface area contributed by atoms with Gasteiger partial charge in [0.2, 0.25) is 5.91 Å². The van der Waals surface area contributed by atoms with Gasteiger partial charge in [0.15, 0.2) is 0 Å². The van der Waals surface area contributed by atoms with Gasteiger partial charge in [0.05, 0.1) is 0 Å². The molecule has 0 saturated carbocycles. The Labute approximate surface area is 123 Å². The average Bonchev–Trinajstić information content (AvgIpc) is 2.37. The summed E-state index contributed by atoms with van der Waals surface area (Å²) in [6.45, 7) is 1.34. The fraction of sp³-hybridized carbons (Fsp3) is 0.467. The third kappa shape index (κ3) is 3.76. The molecule has 0 heterocycles. The van der Waals surface area contributed by atoms with Crippen molar-refractivity contribution in [3.63, 3.8) is 0 Å². The Balaban J connectivity index is 1.69. The number of thioether (sulfide) groups is 1. The van der Waals surface area contributed by atoms with E-state index in [1.54, 1.807) is 11.8 Å². The van der Waals surface area contributed by atoms with E-state index in [0.717, 1.165) is 17.9 Å². The number of benzene rings is 1. The van der Waals surface area contributed by atoms with E-state index in [1.807, 2.05) is 0 Å². The molecule has 0 fully saturated rings. The molecule has 2 N–H and O–H groups in total. The van der Waals surface area contributed by atoms with Crippen LogP contribution in [-0.4, -0.2) is 34.5 Å². The molecule has 0 aliphatic heterocycles. The molecule has 0 spiro atoms. The fourth-order valence-electron chi connectivity index (χ4n) is 2.44. The van der Waals surface area contributed by atoms with Crippen molar-refractivity contribution in [3.05, 3.63) is 35.4 Å². The topological polar surface area (TPSA) is 66.4 Å². The third-order valence-electron chi connectivity index (χ3n) is 3.51. The number of rotatable bonds is 7. The molecule has 1 aromatic carbocycles. The maximum atomic E-state index is 11.0. The highest BCUT2D eigenvalue weighted by atomic mass is 32.2. The number of amides is 1. The van der Waals surface area contributed by atoms with Gasteiger partial charge in [-0.3, -0.25) is 4.79 Å². The first-order chi connectivity index (χ1) is 9.58. The van der Waals surface area contributed by atoms with Crippen LogP contribution < -0.4 is 5.32 Å². The largest absolute Gasteiger partial charge is 0.480 e. The highest BCUT2D eigenvalue weighted by molar-refractivity contribution is 7.99. The van der Waals surface area contributed by atoms with Gasteiger partial charge < -0.3 is 10.4 Å². The van der Waals surface area contributed by atoms with Crippen molar-refractivity contribution in [2.24, 2.45) is 0 Å². The fourth-order valence-corrected chi connectivity index (χ4v) is 3.59. The predicted octanol–water partition coefficient (Wildman–Crippen LogP) is 2.04. The van der Waals surface area contributed by atoms with Gasteiger partial charge in [0.1, 0.15) is 6.04 Å². The van der Waals surface area contributed by atoms with Gasteiger partial charge in [-0.05, 0) is 35.6 Å². The molecule has 0 radical (unpaired) electrons. The quantitative estimate of drug-likeness (QED) is 0.755. The summed E-state index contributed by atoms with van der Waals surface area (Å²) < 4.78 is 0. The zero-order valence-corrected chi connectivity index (χ0v) is 12.3. The lowest BCUT2D eigenvalue weighted by atomic mass is 9.79. The Morgan fingerprint density at radius 1 is 1.45 bits per heavy atom. The van der Waals surface area contributed by atoms with Crippen LogP contribution in [0, 0.1) is 0 Å². The van der Waals surface area contributed by atoms with Crippen molar-refractivity contribution in [2.75, 3.05) is 11.5 Å². The van der Waals surface area contributed by atoms with E-state index in [4.69, 9.17) is 5.11 Å². The zero-order chi connectivity index (χ0) is 14.5. The van der Waals surface area contributed by atoms with E-state index < -0.39 is 12.0 Å². The van der Waals surface area contributed by atoms with Crippen LogP contribution in [0.5, 0.6) is 0 Å². The normalized spacial score (nSPS) is 17.8. The summed E-state index contributed by atoms with van der Waals surface area (Å²) >= 11 is 1.76. The molecule has 0 saturated heterocycles. The first-order valence-corrected chi connectivity index (χ1v) is 7.89. The number of carboxylic acids is 1. The van der Waals surface area contributed by atoms with Crippen LogP contribution in [0.2, 0.25) is 0 Å². The first kappa shape index (κ1) is 14.9. The Morgan fingerprint density at radius 3 is 2.85 bits per heavy atom. The van der Waals surface area contributed by atoms with E-state index in [-0.39, 0.29) is 5.91 Å². The van der Waals surface area contributed by atoms with Crippen molar-refractivity contribution in [2.45, 2.75) is 31.7 Å². The molecule has 108 valence electrons. The zero-order valence-electron chi connectivity index (χ0n) is 11.5. The van der Waals surface area contributed by atoms with Crippen LogP contribution in [0.1, 0.15) is 30.4 Å². The molecule has 1 aliphatic carbocycles. The Hall–Kier alpha value is -1.49. The number of nitrogens with one attached hydrogen (secondary N) is 1. The smallest absolute Gasteiger partial charge is 0.326 e. The van der Waals surface area contributed by atoms with Crippen LogP contribution >= 0.6 is 11.8 Å². The molecule has 20 heavy (non-hydrogen) atoms. The van der Waals surface area contributed by atoms with Gasteiger partial charge in [-0.1, -0.05) is 24.3 Å². The number of carboxylic acid groups (broad SMARTS) is 1. The minimum atomic E-state index is -0.963. The number of aliphatic carboxylic acids is 1. The molecule has 5 heteroatoms. The summed E-state index contributed by atoms with van der Waals surface area (Å²) in [6.07, 6.45) is 1.59. The summed E-state index contributed by atoms with van der Waals surface area (Å²) in [4.78, 5) is 21.9. The van der Waals surface area contributed by atoms with Gasteiger partial charge in [-0.25, -0.2) is 4.79 Å². The minimum Gasteiger partial charge on any atom is -0.480 e. The van der Waals surface area contributed by atoms with Gasteiger partial charge in [-0.2, -0.15) is 11.8 Å². The summed E-state index contributed by atoms with van der Waals surface area (Å²) in [6, 6.07) is 7.68. The summed E-state index contributed by atoms with van der Waals surface area (Å²) in [7, 11) is 0. The molecule has 4 nitrogen and oxygen atoms in total. The van der Waals surface area contributed by atoms with Crippen LogP contribution in [-0.2, 0) is 16.0 Å². The van der Waals surface area contributed by atoms with Crippen LogP contribution in [0.3, 0.4) is 0 Å². The lowest BCUT2D eigenvalue weighted by Crippen LogP contribution is -2.40. The SMILES string of the molecule is CC(=O)NC(CCSCC1Cc2ccccc21)C(=O)O. The lowest BCUT2D eigenvalue weighted by molar-refractivity contribution is -0.141. The van der Waals surface area contributed by atoms with Crippen molar-refractivity contribution >= 4 is 23.6 Å². The molecule has 0 aromatic heterocycles. The minimum absolute atomic E-state index is 0.296. The lowest BCUT2D eigenvalue weighted by Gasteiger charge is -2.29. The molecule has 1 aromatic rings. The number of fused-ring (bicyclic) bond motifs is 1. The second-order valence-corrected chi connectivity index (χ2v) is 6.20. The van der Waals surface area contributed by atoms with E-state index in [0.29, 0.717) is 12.3 Å². The van der Waals surface area contributed by atoms with Crippen molar-refractivity contribution in [1.82, 2.24) is 5.32 Å². The second kappa shape index (κ2) is 6.79. The molecule has 1 amide bonds. The van der Waals surface area contributed by atoms with Crippen molar-refractivity contribution in [1.29, 1.82) is 0 Å². The first-order valence-electron chi connectivity index (χ1n) is 6.73. The Morgan fingerprint density at radius 2 is 2.20 bits per heavy atom. The number of carbonyl (C=O) groups excluding carboxylic acids is 1. The molecule has 0 bridgehead atoms. The maximum absolute atomic E-state index is 11.0. The van der Waals surface area contributed by atoms with E-state index >= 15 is 0 Å². The van der Waals surface area contributed by atoms with Crippen LogP contribution in [0.4, 0.5) is 0 Å². The van der Waals surface area contributed by atoms with Crippen molar-refractivity contribution < 1.29 is 14.7 Å². The van der Waals surface area contributed by atoms with E-state index in [2.05, 4.69) is 29.6 Å². The average molecular weight is 293 g/mol. The highest BCUT2D eigenvalue weighted by Gasteiger charge is 2.25. The summed E-state index contributed by atoms with van der Waals surface area (Å²) in [5.41, 5.74) is 2.86. The highest BCUT2D eigenvalue weighted by Crippen LogP contribution is 2.37. The maximum Gasteiger partial charge on any atom is 0.326 e. The third-order valence-corrected chi connectivity index (χ3v) is 4.67. The number of carbonyl (C=O) groups is 2. The van der Waals surface area contributed by atoms with E-state index in [9.17, 15) is 9.59 Å². The van der Waals surface area contributed by atoms with Crippen LogP contribution in [0.15, 0.2) is 24.3 Å². The summed E-state index contributed by atoms with van der Waals surface area (Å²) in [5.74, 6) is 1.10.